The summed E-state index contributed by atoms with van der Waals surface area (Å²) in [7, 11) is 0. The summed E-state index contributed by atoms with van der Waals surface area (Å²) >= 11 is 12.2. The van der Waals surface area contributed by atoms with Gasteiger partial charge in [0, 0.05) is 16.6 Å². The summed E-state index contributed by atoms with van der Waals surface area (Å²) in [5.74, 6) is 0. The summed E-state index contributed by atoms with van der Waals surface area (Å²) in [5, 5.41) is 2.29. The Hall–Kier alpha value is -1.64. The Labute approximate surface area is 115 Å². The number of nitrogens with zero attached hydrogens (tertiary/aromatic N) is 1. The first-order valence-electron chi connectivity index (χ1n) is 5.48. The second-order valence-electron chi connectivity index (χ2n) is 4.07. The lowest BCUT2D eigenvalue weighted by atomic mass is 10.2. The van der Waals surface area contributed by atoms with Crippen LogP contribution in [0, 0.1) is 0 Å². The third-order valence-electron chi connectivity index (χ3n) is 2.91. The monoisotopic (exact) mass is 276 g/mol. The Kier molecular flexibility index (Phi) is 2.69. The summed E-state index contributed by atoms with van der Waals surface area (Å²) in [6.45, 7) is 0. The fraction of sp³-hybridized carbons (Fsp3) is 0. The maximum atomic E-state index is 6.21. The van der Waals surface area contributed by atoms with E-state index in [-0.39, 0.29) is 0 Å². The van der Waals surface area contributed by atoms with Crippen LogP contribution in [0.15, 0.2) is 48.7 Å². The molecule has 3 aromatic rings. The minimum atomic E-state index is 0.672. The van der Waals surface area contributed by atoms with Crippen molar-refractivity contribution in [1.82, 2.24) is 4.57 Å². The molecule has 0 saturated carbocycles. The molecule has 2 N–H and O–H groups in total. The molecule has 4 heteroatoms. The van der Waals surface area contributed by atoms with Gasteiger partial charge in [0.25, 0.3) is 0 Å². The lowest BCUT2D eigenvalue weighted by molar-refractivity contribution is 1.13. The summed E-state index contributed by atoms with van der Waals surface area (Å²) in [6, 6.07) is 13.3. The molecule has 0 unspecified atom stereocenters. The van der Waals surface area contributed by atoms with Gasteiger partial charge in [-0.3, -0.25) is 0 Å². The van der Waals surface area contributed by atoms with Crippen molar-refractivity contribution in [2.24, 2.45) is 0 Å². The topological polar surface area (TPSA) is 30.9 Å². The second kappa shape index (κ2) is 4.23. The van der Waals surface area contributed by atoms with Crippen LogP contribution in [0.2, 0.25) is 10.0 Å². The number of fused-ring (bicyclic) bond motifs is 1. The van der Waals surface area contributed by atoms with E-state index >= 15 is 0 Å². The average Bonchev–Trinajstić information content (AvgIpc) is 2.67. The summed E-state index contributed by atoms with van der Waals surface area (Å²) in [6.07, 6.45) is 1.86. The van der Waals surface area contributed by atoms with Crippen molar-refractivity contribution in [2.45, 2.75) is 0 Å². The largest absolute Gasteiger partial charge is 0.397 e. The van der Waals surface area contributed by atoms with Crippen LogP contribution in [-0.2, 0) is 0 Å². The van der Waals surface area contributed by atoms with E-state index in [4.69, 9.17) is 28.9 Å². The Morgan fingerprint density at radius 2 is 1.78 bits per heavy atom. The first-order chi connectivity index (χ1) is 8.66. The molecular weight excluding hydrogens is 267 g/mol. The molecule has 0 bridgehead atoms. The number of hydrogen-bond donors (Lipinski definition) is 1. The summed E-state index contributed by atoms with van der Waals surface area (Å²) in [5.41, 5.74) is 8.59. The fourth-order valence-electron chi connectivity index (χ4n) is 2.07. The van der Waals surface area contributed by atoms with Gasteiger partial charge in [0.1, 0.15) is 0 Å². The van der Waals surface area contributed by atoms with Crippen LogP contribution in [0.4, 0.5) is 5.69 Å². The smallest absolute Gasteiger partial charge is 0.0646 e. The van der Waals surface area contributed by atoms with E-state index in [1.165, 1.54) is 0 Å². The molecule has 0 fully saturated rings. The zero-order valence-corrected chi connectivity index (χ0v) is 10.9. The lowest BCUT2D eigenvalue weighted by Crippen LogP contribution is -1.92. The van der Waals surface area contributed by atoms with E-state index in [1.54, 1.807) is 0 Å². The molecule has 1 aromatic heterocycles. The van der Waals surface area contributed by atoms with Crippen LogP contribution < -0.4 is 5.73 Å². The number of para-hydroxylation sites is 1. The molecular formula is C14H10Cl2N2. The van der Waals surface area contributed by atoms with Gasteiger partial charge in [-0.25, -0.2) is 0 Å². The van der Waals surface area contributed by atoms with E-state index in [1.807, 2.05) is 53.2 Å². The highest BCUT2D eigenvalue weighted by Gasteiger charge is 2.10. The minimum absolute atomic E-state index is 0.672. The Balaban J connectivity index is 2.34. The fourth-order valence-corrected chi connectivity index (χ4v) is 2.47. The SMILES string of the molecule is Nc1cn(-c2ccccc2Cl)c2ccc(Cl)cc12. The maximum Gasteiger partial charge on any atom is 0.0646 e. The Bertz CT molecular complexity index is 732. The van der Waals surface area contributed by atoms with Crippen LogP contribution >= 0.6 is 23.2 Å². The Morgan fingerprint density at radius 1 is 1.00 bits per heavy atom. The van der Waals surface area contributed by atoms with Crippen molar-refractivity contribution in [3.63, 3.8) is 0 Å². The van der Waals surface area contributed by atoms with Gasteiger partial charge < -0.3 is 10.3 Å². The van der Waals surface area contributed by atoms with Crippen molar-refractivity contribution in [2.75, 3.05) is 5.73 Å². The minimum Gasteiger partial charge on any atom is -0.397 e. The van der Waals surface area contributed by atoms with E-state index in [9.17, 15) is 0 Å². The molecule has 0 aliphatic rings. The molecule has 1 heterocycles. The quantitative estimate of drug-likeness (QED) is 0.696. The molecule has 3 rings (SSSR count). The van der Waals surface area contributed by atoms with E-state index in [0.717, 1.165) is 16.6 Å². The highest BCUT2D eigenvalue weighted by molar-refractivity contribution is 6.32. The van der Waals surface area contributed by atoms with Crippen LogP contribution in [0.1, 0.15) is 0 Å². The molecule has 0 aliphatic carbocycles. The molecule has 2 nitrogen and oxygen atoms in total. The number of aromatic nitrogens is 1. The van der Waals surface area contributed by atoms with Gasteiger partial charge >= 0.3 is 0 Å². The summed E-state index contributed by atoms with van der Waals surface area (Å²) < 4.78 is 1.98. The molecule has 0 amide bonds. The van der Waals surface area contributed by atoms with E-state index < -0.39 is 0 Å². The van der Waals surface area contributed by atoms with Gasteiger partial charge in [0.15, 0.2) is 0 Å². The molecule has 18 heavy (non-hydrogen) atoms. The van der Waals surface area contributed by atoms with Crippen molar-refractivity contribution in [3.8, 4) is 5.69 Å². The maximum absolute atomic E-state index is 6.21. The Morgan fingerprint density at radius 3 is 2.56 bits per heavy atom. The predicted molar refractivity (Wildman–Crippen MR) is 77.7 cm³/mol. The summed E-state index contributed by atoms with van der Waals surface area (Å²) in [4.78, 5) is 0. The number of rotatable bonds is 1. The number of halogens is 2. The van der Waals surface area contributed by atoms with Gasteiger partial charge in [0.2, 0.25) is 0 Å². The van der Waals surface area contributed by atoms with Crippen molar-refractivity contribution in [1.29, 1.82) is 0 Å². The van der Waals surface area contributed by atoms with E-state index in [2.05, 4.69) is 0 Å². The third kappa shape index (κ3) is 1.74. The third-order valence-corrected chi connectivity index (χ3v) is 3.46. The van der Waals surface area contributed by atoms with Gasteiger partial charge in [-0.2, -0.15) is 0 Å². The van der Waals surface area contributed by atoms with Crippen molar-refractivity contribution >= 4 is 39.8 Å². The molecule has 0 spiro atoms. The first kappa shape index (κ1) is 11.5. The lowest BCUT2D eigenvalue weighted by Gasteiger charge is -2.07. The molecule has 2 aromatic carbocycles. The van der Waals surface area contributed by atoms with Crippen molar-refractivity contribution < 1.29 is 0 Å². The average molecular weight is 277 g/mol. The van der Waals surface area contributed by atoms with Gasteiger partial charge in [-0.1, -0.05) is 35.3 Å². The number of anilines is 1. The van der Waals surface area contributed by atoms with Crippen molar-refractivity contribution in [3.05, 3.63) is 58.7 Å². The molecule has 0 aliphatic heterocycles. The normalized spacial score (nSPS) is 11.0. The molecule has 0 saturated heterocycles. The number of nitrogen functional groups attached to an aromatic ring is 1. The van der Waals surface area contributed by atoms with Gasteiger partial charge in [-0.05, 0) is 30.3 Å². The molecule has 0 atom stereocenters. The number of nitrogens with two attached hydrogens (primary N) is 1. The second-order valence-corrected chi connectivity index (χ2v) is 4.91. The van der Waals surface area contributed by atoms with Gasteiger partial charge in [-0.15, -0.1) is 0 Å². The van der Waals surface area contributed by atoms with Gasteiger partial charge in [0.05, 0.1) is 21.9 Å². The van der Waals surface area contributed by atoms with Crippen LogP contribution in [0.5, 0.6) is 0 Å². The predicted octanol–water partition coefficient (Wildman–Crippen LogP) is 4.52. The number of benzene rings is 2. The standard InChI is InChI=1S/C14H10Cl2N2/c15-9-5-6-13-10(7-9)12(17)8-18(13)14-4-2-1-3-11(14)16/h1-8H,17H2. The zero-order chi connectivity index (χ0) is 12.7. The van der Waals surface area contributed by atoms with Crippen LogP contribution in [-0.4, -0.2) is 4.57 Å². The number of hydrogen-bond acceptors (Lipinski definition) is 1. The van der Waals surface area contributed by atoms with Crippen LogP contribution in [0.3, 0.4) is 0 Å². The van der Waals surface area contributed by atoms with E-state index in [0.29, 0.717) is 15.7 Å². The zero-order valence-electron chi connectivity index (χ0n) is 9.40. The molecule has 90 valence electrons. The highest BCUT2D eigenvalue weighted by Crippen LogP contribution is 2.31. The molecule has 0 radical (unpaired) electrons. The first-order valence-corrected chi connectivity index (χ1v) is 6.23. The van der Waals surface area contributed by atoms with Crippen LogP contribution in [0.25, 0.3) is 16.6 Å². The highest BCUT2D eigenvalue weighted by atomic mass is 35.5.